The Balaban J connectivity index is 0.000000175. The van der Waals surface area contributed by atoms with Crippen LogP contribution in [0.15, 0.2) is 46.7 Å². The number of piperidine rings is 1. The van der Waals surface area contributed by atoms with E-state index in [9.17, 15) is 23.1 Å². The van der Waals surface area contributed by atoms with Crippen LogP contribution in [0.5, 0.6) is 0 Å². The van der Waals surface area contributed by atoms with Crippen molar-refractivity contribution in [3.63, 3.8) is 0 Å². The maximum atomic E-state index is 13.1. The third-order valence-electron chi connectivity index (χ3n) is 14.4. The molecule has 6 fully saturated rings. The number of morpholine rings is 1. The van der Waals surface area contributed by atoms with Gasteiger partial charge in [-0.05, 0) is 91.0 Å². The Morgan fingerprint density at radius 2 is 1.55 bits per heavy atom. The van der Waals surface area contributed by atoms with Crippen molar-refractivity contribution in [3.8, 4) is 0 Å². The van der Waals surface area contributed by atoms with Gasteiger partial charge in [0.25, 0.3) is 0 Å². The number of esters is 1. The summed E-state index contributed by atoms with van der Waals surface area (Å²) in [6.45, 7) is 4.50. The van der Waals surface area contributed by atoms with Gasteiger partial charge in [-0.15, -0.1) is 22.7 Å². The van der Waals surface area contributed by atoms with Crippen LogP contribution in [0.1, 0.15) is 87.8 Å². The Bertz CT molecular complexity index is 1770. The molecule has 2 aromatic heterocycles. The molecule has 2 aromatic rings. The second kappa shape index (κ2) is 15.0. The number of quaternary nitrogens is 1. The van der Waals surface area contributed by atoms with Crippen molar-refractivity contribution in [2.45, 2.75) is 120 Å². The Labute approximate surface area is 353 Å². The molecule has 7 aliphatic rings. The molecule has 0 spiro atoms. The number of ketones is 1. The number of hydrogen-bond donors (Lipinski definition) is 2. The van der Waals surface area contributed by atoms with Gasteiger partial charge in [-0.2, -0.15) is 8.42 Å². The molecule has 3 aliphatic heterocycles. The fourth-order valence-electron chi connectivity index (χ4n) is 11.5. The normalized spacial score (nSPS) is 38.9. The first kappa shape index (κ1) is 42.1. The van der Waals surface area contributed by atoms with Crippen LogP contribution in [0.4, 0.5) is 0 Å². The maximum absolute atomic E-state index is 13.1. The van der Waals surface area contributed by atoms with E-state index in [0.717, 1.165) is 55.8 Å². The average Bonchev–Trinajstić information content (AvgIpc) is 3.42. The van der Waals surface area contributed by atoms with E-state index in [2.05, 4.69) is 34.0 Å². The van der Waals surface area contributed by atoms with Crippen LogP contribution in [0.25, 0.3) is 0 Å². The molecular formula is C38H50BrNNaO9S3. The summed E-state index contributed by atoms with van der Waals surface area (Å²) in [4.78, 5) is 26.8. The molecule has 5 heterocycles. The summed E-state index contributed by atoms with van der Waals surface area (Å²) >= 11 is 2.74. The molecule has 2 N–H and O–H groups in total. The Kier molecular flexibility index (Phi) is 11.9. The molecule has 10 nitrogen and oxygen atoms in total. The minimum absolute atomic E-state index is 0. The predicted octanol–water partition coefficient (Wildman–Crippen LogP) is 2.68. The molecule has 1 radical (unpaired) electrons. The van der Waals surface area contributed by atoms with E-state index in [0.29, 0.717) is 70.4 Å². The van der Waals surface area contributed by atoms with E-state index >= 15 is 0 Å². The van der Waals surface area contributed by atoms with Crippen LogP contribution in [-0.4, -0.2) is 114 Å². The first-order valence-electron chi connectivity index (χ1n) is 18.4. The van der Waals surface area contributed by atoms with Gasteiger partial charge in [0.15, 0.2) is 0 Å². The molecule has 2 bridgehead atoms. The van der Waals surface area contributed by atoms with Crippen LogP contribution in [0.3, 0.4) is 0 Å². The second-order valence-electron chi connectivity index (χ2n) is 17.1. The van der Waals surface area contributed by atoms with Crippen LogP contribution < -0.4 is 17.0 Å². The first-order valence-corrected chi connectivity index (χ1v) is 21.6. The third kappa shape index (κ3) is 7.19. The van der Waals surface area contributed by atoms with Gasteiger partial charge in [-0.3, -0.25) is 9.35 Å². The number of rotatable bonds is 6. The van der Waals surface area contributed by atoms with E-state index in [1.54, 1.807) is 12.1 Å². The van der Waals surface area contributed by atoms with Gasteiger partial charge < -0.3 is 36.0 Å². The number of carbonyl (C=O) groups is 2. The van der Waals surface area contributed by atoms with Crippen LogP contribution >= 0.6 is 22.7 Å². The molecule has 3 saturated carbocycles. The molecule has 4 aliphatic carbocycles. The number of halogens is 1. The minimum Gasteiger partial charge on any atom is -1.00 e. The van der Waals surface area contributed by atoms with E-state index in [1.165, 1.54) is 28.2 Å². The SMILES string of the molecule is C[C@]12CC[C@H](OS(=O)(=O)O)CC1=CC[C@@H]1[C@@H]2CC[C@]2(C)C(=O)CC[C@@H]12.C[N+]1(C)C2CC(OC(=O)C(O)(c3cccs3)c3cccs3)CC1[C@@H]1O[C@H]21.[Br-].[Na]. The largest absolute Gasteiger partial charge is 1.00 e. The van der Waals surface area contributed by atoms with Gasteiger partial charge >= 0.3 is 16.4 Å². The summed E-state index contributed by atoms with van der Waals surface area (Å²) in [6.07, 6.45) is 10.8. The van der Waals surface area contributed by atoms with Gasteiger partial charge in [0.2, 0.25) is 5.60 Å². The van der Waals surface area contributed by atoms with Crippen molar-refractivity contribution in [2.24, 2.45) is 28.6 Å². The molecule has 0 aromatic carbocycles. The van der Waals surface area contributed by atoms with Crippen molar-refractivity contribution in [1.82, 2.24) is 0 Å². The zero-order valence-corrected chi connectivity index (χ0v) is 37.1. The topological polar surface area (TPSA) is 140 Å². The smallest absolute Gasteiger partial charge is 0.397 e. The van der Waals surface area contributed by atoms with Crippen molar-refractivity contribution < 1.29 is 62.8 Å². The van der Waals surface area contributed by atoms with Crippen molar-refractivity contribution in [3.05, 3.63) is 56.4 Å². The number of epoxide rings is 1. The number of thiophene rings is 2. The van der Waals surface area contributed by atoms with Crippen LogP contribution in [0.2, 0.25) is 0 Å². The number of fused-ring (bicyclic) bond motifs is 10. The number of hydrogen-bond acceptors (Lipinski definition) is 10. The zero-order valence-electron chi connectivity index (χ0n) is 31.1. The molecule has 3 saturated heterocycles. The number of allylic oxidation sites excluding steroid dienone is 1. The molecule has 53 heavy (non-hydrogen) atoms. The Morgan fingerprint density at radius 3 is 2.11 bits per heavy atom. The number of likely N-dealkylation sites (N-methyl/N-ethyl adjacent to an activating group) is 1. The predicted molar refractivity (Wildman–Crippen MR) is 198 cm³/mol. The molecule has 9 rings (SSSR count). The minimum atomic E-state index is -4.40. The molecule has 0 amide bonds. The summed E-state index contributed by atoms with van der Waals surface area (Å²) in [5, 5.41) is 15.1. The summed E-state index contributed by atoms with van der Waals surface area (Å²) in [7, 11) is 0.0977. The second-order valence-corrected chi connectivity index (χ2v) is 20.0. The third-order valence-corrected chi connectivity index (χ3v) is 16.9. The molecule has 287 valence electrons. The van der Waals surface area contributed by atoms with Gasteiger partial charge in [0, 0.05) is 54.2 Å². The summed E-state index contributed by atoms with van der Waals surface area (Å²) < 4.78 is 48.5. The fraction of sp³-hybridized carbons (Fsp3) is 0.684. The Morgan fingerprint density at radius 1 is 0.962 bits per heavy atom. The van der Waals surface area contributed by atoms with Gasteiger partial charge in [0.05, 0.1) is 30.0 Å². The molecule has 3 unspecified atom stereocenters. The molecular weight excluding hydrogens is 814 g/mol. The molecule has 15 heteroatoms. The monoisotopic (exact) mass is 862 g/mol. The standard InChI is InChI=1S/C19H22NO4S2.C19H28O5S.BrH.Na/c1-20(2)12-9-11(10-13(20)17-16(12)24-17)23-18(21)19(22,14-5-3-7-25-14)15-6-4-8-26-15;1-18-9-7-13(24-25(21,22)23)11-12(18)3-4-14-15-5-6-17(20)19(15,2)10-8-16(14)18;;/h3-8,11-13,16-17,22H,9-10H2,1-2H3;3,13-16H,4-11H2,1-2H3,(H,21,22,23);1H;/q+1;;;/p-1/t11?,12?,13?,16-,17+;13-,14-,15-,16-,18-,19-;;/m.0../s1. The van der Waals surface area contributed by atoms with E-state index in [1.807, 2.05) is 22.9 Å². The fourth-order valence-corrected chi connectivity index (χ4v) is 13.7. The van der Waals surface area contributed by atoms with E-state index in [4.69, 9.17) is 18.2 Å². The number of carbonyl (C=O) groups excluding carboxylic acids is 2. The van der Waals surface area contributed by atoms with Gasteiger partial charge in [-0.1, -0.05) is 37.6 Å². The maximum Gasteiger partial charge on any atom is 0.397 e. The van der Waals surface area contributed by atoms with Crippen LogP contribution in [-0.2, 0) is 39.2 Å². The number of nitrogens with zero attached hydrogens (tertiary/aromatic N) is 1. The quantitative estimate of drug-likeness (QED) is 0.112. The summed E-state index contributed by atoms with van der Waals surface area (Å²) in [6, 6.07) is 8.01. The van der Waals surface area contributed by atoms with Crippen molar-refractivity contribution >= 4 is 74.4 Å². The van der Waals surface area contributed by atoms with Crippen molar-refractivity contribution in [2.75, 3.05) is 14.1 Å². The Hall–Kier alpha value is -0.490. The molecule has 11 atom stereocenters. The van der Waals surface area contributed by atoms with Gasteiger partial charge in [-0.25, -0.2) is 8.98 Å². The number of Topliss-reactive ketones (excluding diaryl/α,β-unsaturated/α-hetero) is 1. The van der Waals surface area contributed by atoms with Gasteiger partial charge in [0.1, 0.15) is 36.2 Å². The number of ether oxygens (including phenoxy) is 2. The van der Waals surface area contributed by atoms with E-state index in [-0.39, 0.29) is 63.5 Å². The van der Waals surface area contributed by atoms with E-state index < -0.39 is 28.1 Å². The summed E-state index contributed by atoms with van der Waals surface area (Å²) in [5.74, 6) is 1.54. The van der Waals surface area contributed by atoms with Crippen LogP contribution in [0, 0.1) is 28.6 Å². The summed E-state index contributed by atoms with van der Waals surface area (Å²) in [5.41, 5.74) is -0.465. The van der Waals surface area contributed by atoms with Crippen molar-refractivity contribution in [1.29, 1.82) is 0 Å². The number of aliphatic hydroxyl groups is 1. The zero-order chi connectivity index (χ0) is 36.1. The average molecular weight is 864 g/mol. The first-order chi connectivity index (χ1) is 24.1.